The van der Waals surface area contributed by atoms with Gasteiger partial charge in [-0.05, 0) is 29.7 Å². The lowest BCUT2D eigenvalue weighted by Crippen LogP contribution is -2.19. The molecule has 6 heteroatoms. The van der Waals surface area contributed by atoms with E-state index in [1.54, 1.807) is 18.2 Å². The van der Waals surface area contributed by atoms with Gasteiger partial charge in [0.2, 0.25) is 0 Å². The van der Waals surface area contributed by atoms with Crippen molar-refractivity contribution in [2.75, 3.05) is 0 Å². The molecule has 126 valence electrons. The van der Waals surface area contributed by atoms with Gasteiger partial charge in [-0.1, -0.05) is 71.7 Å². The molecular formula is C18H18Cl2N2O2. The highest BCUT2D eigenvalue weighted by Crippen LogP contribution is 2.22. The summed E-state index contributed by atoms with van der Waals surface area (Å²) in [6.07, 6.45) is 0.882. The predicted octanol–water partition coefficient (Wildman–Crippen LogP) is 4.55. The van der Waals surface area contributed by atoms with Gasteiger partial charge in [0.1, 0.15) is 5.84 Å². The fourth-order valence-corrected chi connectivity index (χ4v) is 2.76. The van der Waals surface area contributed by atoms with E-state index in [9.17, 15) is 4.79 Å². The molecule has 2 rings (SSSR count). The largest absolute Gasteiger partial charge is 0.384 e. The number of hydrogen-bond acceptors (Lipinski definition) is 3. The summed E-state index contributed by atoms with van der Waals surface area (Å²) in [5.41, 5.74) is 7.47. The van der Waals surface area contributed by atoms with Crippen molar-refractivity contribution in [3.05, 3.63) is 69.7 Å². The van der Waals surface area contributed by atoms with E-state index in [4.69, 9.17) is 33.8 Å². The van der Waals surface area contributed by atoms with Crippen LogP contribution in [0.4, 0.5) is 0 Å². The van der Waals surface area contributed by atoms with Gasteiger partial charge in [0.25, 0.3) is 0 Å². The first-order chi connectivity index (χ1) is 11.5. The first-order valence-electron chi connectivity index (χ1n) is 7.53. The molecule has 0 heterocycles. The zero-order valence-electron chi connectivity index (χ0n) is 13.2. The lowest BCUT2D eigenvalue weighted by molar-refractivity contribution is -0.145. The Hall–Kier alpha value is -2.04. The molecule has 0 aliphatic heterocycles. The van der Waals surface area contributed by atoms with E-state index >= 15 is 0 Å². The average Bonchev–Trinajstić information content (AvgIpc) is 2.57. The van der Waals surface area contributed by atoms with Gasteiger partial charge in [-0.25, -0.2) is 4.79 Å². The number of carbonyl (C=O) groups is 1. The minimum absolute atomic E-state index is 0.162. The van der Waals surface area contributed by atoms with Crippen LogP contribution in [0.1, 0.15) is 30.4 Å². The molecular weight excluding hydrogens is 347 g/mol. The monoisotopic (exact) mass is 364 g/mol. The van der Waals surface area contributed by atoms with Crippen LogP contribution in [0.15, 0.2) is 53.7 Å². The summed E-state index contributed by atoms with van der Waals surface area (Å²) < 4.78 is 0. The van der Waals surface area contributed by atoms with E-state index in [1.807, 2.05) is 37.3 Å². The third kappa shape index (κ3) is 4.98. The maximum atomic E-state index is 12.2. The highest BCUT2D eigenvalue weighted by molar-refractivity contribution is 6.35. The summed E-state index contributed by atoms with van der Waals surface area (Å²) in [5.74, 6) is -0.647. The van der Waals surface area contributed by atoms with Crippen LogP contribution in [0.2, 0.25) is 10.0 Å². The van der Waals surface area contributed by atoms with E-state index in [0.29, 0.717) is 16.5 Å². The minimum atomic E-state index is -0.436. The molecule has 0 saturated heterocycles. The van der Waals surface area contributed by atoms with Gasteiger partial charge in [0, 0.05) is 16.5 Å². The van der Waals surface area contributed by atoms with E-state index in [1.165, 1.54) is 0 Å². The van der Waals surface area contributed by atoms with Crippen molar-refractivity contribution in [2.24, 2.45) is 10.9 Å². The van der Waals surface area contributed by atoms with Crippen LogP contribution in [0.5, 0.6) is 0 Å². The predicted molar refractivity (Wildman–Crippen MR) is 97.4 cm³/mol. The third-order valence-electron chi connectivity index (χ3n) is 3.53. The zero-order chi connectivity index (χ0) is 17.5. The molecule has 4 nitrogen and oxygen atoms in total. The van der Waals surface area contributed by atoms with Crippen LogP contribution in [-0.4, -0.2) is 11.8 Å². The second-order valence-electron chi connectivity index (χ2n) is 5.28. The molecule has 0 aromatic heterocycles. The summed E-state index contributed by atoms with van der Waals surface area (Å²) in [5, 5.41) is 4.76. The average molecular weight is 365 g/mol. The van der Waals surface area contributed by atoms with Crippen molar-refractivity contribution in [3.63, 3.8) is 0 Å². The maximum absolute atomic E-state index is 12.2. The van der Waals surface area contributed by atoms with Crippen molar-refractivity contribution in [1.29, 1.82) is 0 Å². The number of benzene rings is 2. The highest BCUT2D eigenvalue weighted by atomic mass is 35.5. The second-order valence-corrected chi connectivity index (χ2v) is 6.12. The Morgan fingerprint density at radius 2 is 1.92 bits per heavy atom. The number of oxime groups is 1. The summed E-state index contributed by atoms with van der Waals surface area (Å²) in [4.78, 5) is 17.2. The van der Waals surface area contributed by atoms with Gasteiger partial charge in [0.05, 0.1) is 5.92 Å². The third-order valence-corrected chi connectivity index (χ3v) is 4.12. The lowest BCUT2D eigenvalue weighted by atomic mass is 9.97. The van der Waals surface area contributed by atoms with Gasteiger partial charge in [-0.3, -0.25) is 0 Å². The van der Waals surface area contributed by atoms with Gasteiger partial charge >= 0.3 is 5.97 Å². The number of hydrogen-bond donors (Lipinski definition) is 1. The first kappa shape index (κ1) is 18.3. The normalized spacial score (nSPS) is 12.7. The van der Waals surface area contributed by atoms with Gasteiger partial charge in [0.15, 0.2) is 0 Å². The summed E-state index contributed by atoms with van der Waals surface area (Å²) >= 11 is 11.9. The topological polar surface area (TPSA) is 64.7 Å². The van der Waals surface area contributed by atoms with Crippen LogP contribution in [0.3, 0.4) is 0 Å². The number of halogens is 2. The molecule has 0 radical (unpaired) electrons. The zero-order valence-corrected chi connectivity index (χ0v) is 14.7. The number of rotatable bonds is 6. The fraction of sp³-hybridized carbons (Fsp3) is 0.222. The highest BCUT2D eigenvalue weighted by Gasteiger charge is 2.20. The van der Waals surface area contributed by atoms with Crippen molar-refractivity contribution in [3.8, 4) is 0 Å². The van der Waals surface area contributed by atoms with Crippen LogP contribution in [0, 0.1) is 0 Å². The molecule has 0 amide bonds. The molecule has 0 spiro atoms. The number of nitrogens with zero attached hydrogens (tertiary/aromatic N) is 1. The van der Waals surface area contributed by atoms with E-state index < -0.39 is 5.97 Å². The molecule has 2 N–H and O–H groups in total. The molecule has 0 aliphatic rings. The Kier molecular flexibility index (Phi) is 6.64. The Balaban J connectivity index is 2.01. The Morgan fingerprint density at radius 1 is 1.21 bits per heavy atom. The van der Waals surface area contributed by atoms with Crippen LogP contribution < -0.4 is 5.73 Å². The molecule has 0 aliphatic carbocycles. The summed E-state index contributed by atoms with van der Waals surface area (Å²) in [6.45, 7) is 1.92. The number of amidine groups is 1. The lowest BCUT2D eigenvalue weighted by Gasteiger charge is -2.12. The molecule has 0 saturated carbocycles. The van der Waals surface area contributed by atoms with Gasteiger partial charge in [-0.15, -0.1) is 0 Å². The van der Waals surface area contributed by atoms with Gasteiger partial charge in [-0.2, -0.15) is 0 Å². The smallest absolute Gasteiger partial charge is 0.342 e. The summed E-state index contributed by atoms with van der Waals surface area (Å²) in [7, 11) is 0. The van der Waals surface area contributed by atoms with Crippen molar-refractivity contribution >= 4 is 35.0 Å². The Bertz CT molecular complexity index is 733. The molecule has 0 bridgehead atoms. The number of carbonyl (C=O) groups excluding carboxylic acids is 1. The van der Waals surface area contributed by atoms with Crippen molar-refractivity contribution in [2.45, 2.75) is 25.7 Å². The van der Waals surface area contributed by atoms with E-state index in [2.05, 4.69) is 5.16 Å². The van der Waals surface area contributed by atoms with Crippen molar-refractivity contribution in [1.82, 2.24) is 0 Å². The molecule has 1 unspecified atom stereocenters. The first-order valence-corrected chi connectivity index (χ1v) is 8.29. The SMILES string of the molecule is CCC(C(=O)O/N=C(/N)Cc1ccc(Cl)cc1Cl)c1ccccc1. The second kappa shape index (κ2) is 8.71. The molecule has 2 aromatic rings. The van der Waals surface area contributed by atoms with E-state index in [0.717, 1.165) is 11.1 Å². The Labute approximate surface area is 151 Å². The number of nitrogens with two attached hydrogens (primary N) is 1. The van der Waals surface area contributed by atoms with Crippen LogP contribution in [-0.2, 0) is 16.1 Å². The molecule has 0 fully saturated rings. The molecule has 2 aromatic carbocycles. The van der Waals surface area contributed by atoms with Crippen LogP contribution in [0.25, 0.3) is 0 Å². The van der Waals surface area contributed by atoms with Crippen molar-refractivity contribution < 1.29 is 9.63 Å². The van der Waals surface area contributed by atoms with E-state index in [-0.39, 0.29) is 18.2 Å². The fourth-order valence-electron chi connectivity index (χ4n) is 2.28. The molecule has 1 atom stereocenters. The van der Waals surface area contributed by atoms with Gasteiger partial charge < -0.3 is 10.6 Å². The standard InChI is InChI=1S/C18H18Cl2N2O2/c1-2-15(12-6-4-3-5-7-12)18(23)24-22-17(21)10-13-8-9-14(19)11-16(13)20/h3-9,11,15H,2,10H2,1H3,(H2,21,22). The summed E-state index contributed by atoms with van der Waals surface area (Å²) in [6, 6.07) is 14.5. The minimum Gasteiger partial charge on any atom is -0.384 e. The maximum Gasteiger partial charge on any atom is 0.342 e. The Morgan fingerprint density at radius 3 is 2.54 bits per heavy atom. The quantitative estimate of drug-likeness (QED) is 0.354. The van der Waals surface area contributed by atoms with Crippen LogP contribution >= 0.6 is 23.2 Å². The molecule has 24 heavy (non-hydrogen) atoms.